The van der Waals surface area contributed by atoms with Gasteiger partial charge in [0.1, 0.15) is 12.2 Å². The molecule has 1 amide bonds. The van der Waals surface area contributed by atoms with Gasteiger partial charge in [-0.3, -0.25) is 9.59 Å². The first-order valence-electron chi connectivity index (χ1n) is 24.8. The predicted molar refractivity (Wildman–Crippen MR) is 263 cm³/mol. The van der Waals surface area contributed by atoms with Crippen molar-refractivity contribution in [1.82, 2.24) is 5.32 Å². The summed E-state index contributed by atoms with van der Waals surface area (Å²) >= 11 is 0. The third-order valence-electron chi connectivity index (χ3n) is 13.4. The number of allylic oxidation sites excluding steroid dienone is 12. The van der Waals surface area contributed by atoms with Crippen LogP contribution in [0.5, 0.6) is 0 Å². The summed E-state index contributed by atoms with van der Waals surface area (Å²) in [5, 5.41) is 123. The molecular weight excluding hydrogens is 925 g/mol. The van der Waals surface area contributed by atoms with Crippen molar-refractivity contribution in [3.63, 3.8) is 0 Å². The maximum Gasteiger partial charge on any atom is 0.308 e. The number of carbonyl (C=O) groups excluding carboxylic acids is 2. The molecule has 3 aliphatic rings. The van der Waals surface area contributed by atoms with Gasteiger partial charge < -0.3 is 86.2 Å². The van der Waals surface area contributed by atoms with Crippen LogP contribution in [-0.2, 0) is 28.5 Å². The molecular formula is C52H84N2O17. The number of esters is 1. The second-order valence-corrected chi connectivity index (χ2v) is 19.8. The van der Waals surface area contributed by atoms with E-state index in [9.17, 15) is 65.8 Å². The van der Waals surface area contributed by atoms with Gasteiger partial charge in [0.2, 0.25) is 5.91 Å². The quantitative estimate of drug-likeness (QED) is 0.163. The molecule has 2 bridgehead atoms. The molecule has 0 aliphatic carbocycles. The van der Waals surface area contributed by atoms with Crippen molar-refractivity contribution in [2.45, 2.75) is 196 Å². The summed E-state index contributed by atoms with van der Waals surface area (Å²) in [6, 6.07) is -1.86. The van der Waals surface area contributed by atoms with Crippen LogP contribution in [0.4, 0.5) is 0 Å². The summed E-state index contributed by atoms with van der Waals surface area (Å²) in [4.78, 5) is 26.6. The van der Waals surface area contributed by atoms with E-state index in [4.69, 9.17) is 24.7 Å². The minimum Gasteiger partial charge on any atom is -0.462 e. The molecule has 0 aromatic rings. The Kier molecular flexibility index (Phi) is 26.7. The van der Waals surface area contributed by atoms with Crippen molar-refractivity contribution in [2.24, 2.45) is 29.4 Å². The van der Waals surface area contributed by atoms with Crippen molar-refractivity contribution < 1.29 is 84.7 Å². The van der Waals surface area contributed by atoms with Gasteiger partial charge in [0.25, 0.3) is 0 Å². The molecule has 0 radical (unpaired) electrons. The molecule has 2 saturated heterocycles. The number of aliphatic hydroxyl groups excluding tert-OH is 10. The number of amides is 1. The molecule has 0 unspecified atom stereocenters. The number of carbonyl (C=O) groups is 2. The molecule has 19 heteroatoms. The Bertz CT molecular complexity index is 1810. The molecule has 0 spiro atoms. The maximum atomic E-state index is 14.0. The summed E-state index contributed by atoms with van der Waals surface area (Å²) in [6.45, 7) is 9.93. The molecule has 2 fully saturated rings. The first-order valence-corrected chi connectivity index (χ1v) is 24.8. The third kappa shape index (κ3) is 20.8. The van der Waals surface area contributed by atoms with E-state index in [1.807, 2.05) is 37.3 Å². The van der Waals surface area contributed by atoms with Gasteiger partial charge in [-0.05, 0) is 39.0 Å². The van der Waals surface area contributed by atoms with Gasteiger partial charge in [-0.15, -0.1) is 0 Å². The Labute approximate surface area is 418 Å². The molecule has 3 aliphatic heterocycles. The Morgan fingerprint density at radius 3 is 1.87 bits per heavy atom. The van der Waals surface area contributed by atoms with E-state index in [0.717, 1.165) is 0 Å². The van der Waals surface area contributed by atoms with Crippen LogP contribution in [0.15, 0.2) is 85.1 Å². The zero-order chi connectivity index (χ0) is 53.0. The van der Waals surface area contributed by atoms with Crippen molar-refractivity contribution in [1.29, 1.82) is 0 Å². The smallest absolute Gasteiger partial charge is 0.308 e. The molecule has 404 valence electrons. The summed E-state index contributed by atoms with van der Waals surface area (Å²) in [6.07, 6.45) is 4.06. The second-order valence-electron chi connectivity index (χ2n) is 19.8. The van der Waals surface area contributed by atoms with Crippen molar-refractivity contribution in [2.75, 3.05) is 6.61 Å². The van der Waals surface area contributed by atoms with E-state index < -0.39 is 160 Å². The second kappa shape index (κ2) is 30.7. The van der Waals surface area contributed by atoms with E-state index in [0.29, 0.717) is 0 Å². The molecule has 71 heavy (non-hydrogen) atoms. The van der Waals surface area contributed by atoms with Crippen LogP contribution in [0, 0.1) is 23.7 Å². The van der Waals surface area contributed by atoms with Crippen molar-refractivity contribution in [3.8, 4) is 0 Å². The number of ether oxygens (including phenoxy) is 4. The van der Waals surface area contributed by atoms with E-state index in [2.05, 4.69) is 5.32 Å². The number of hydrogen-bond donors (Lipinski definition) is 13. The van der Waals surface area contributed by atoms with Gasteiger partial charge in [-0.1, -0.05) is 113 Å². The first kappa shape index (κ1) is 61.8. The van der Waals surface area contributed by atoms with Crippen LogP contribution < -0.4 is 11.1 Å². The van der Waals surface area contributed by atoms with Crippen molar-refractivity contribution in [3.05, 3.63) is 85.1 Å². The van der Waals surface area contributed by atoms with Crippen LogP contribution in [0.25, 0.3) is 0 Å². The minimum absolute atomic E-state index is 0.106. The lowest BCUT2D eigenvalue weighted by Crippen LogP contribution is -2.62. The normalized spacial score (nSPS) is 43.2. The Morgan fingerprint density at radius 2 is 1.30 bits per heavy atom. The summed E-state index contributed by atoms with van der Waals surface area (Å²) in [5.74, 6) is -6.07. The number of nitrogens with two attached hydrogens (primary N) is 1. The highest BCUT2D eigenvalue weighted by molar-refractivity contribution is 5.80. The Balaban J connectivity index is 1.95. The lowest BCUT2D eigenvalue weighted by Gasteiger charge is -2.46. The molecule has 14 N–H and O–H groups in total. The third-order valence-corrected chi connectivity index (χ3v) is 13.4. The largest absolute Gasteiger partial charge is 0.462 e. The fourth-order valence-corrected chi connectivity index (χ4v) is 8.69. The monoisotopic (exact) mass is 1010 g/mol. The Hall–Kier alpha value is -3.48. The Morgan fingerprint density at radius 1 is 0.718 bits per heavy atom. The van der Waals surface area contributed by atoms with Crippen LogP contribution >= 0.6 is 0 Å². The van der Waals surface area contributed by atoms with Crippen molar-refractivity contribution >= 4 is 11.9 Å². The zero-order valence-corrected chi connectivity index (χ0v) is 41.9. The van der Waals surface area contributed by atoms with E-state index in [-0.39, 0.29) is 37.5 Å². The van der Waals surface area contributed by atoms with Gasteiger partial charge in [-0.2, -0.15) is 0 Å². The van der Waals surface area contributed by atoms with Crippen LogP contribution in [0.3, 0.4) is 0 Å². The highest BCUT2D eigenvalue weighted by atomic mass is 16.7. The molecule has 19 nitrogen and oxygen atoms in total. The molecule has 20 atom stereocenters. The van der Waals surface area contributed by atoms with E-state index in [1.54, 1.807) is 89.3 Å². The fraction of sp³-hybridized carbons (Fsp3) is 0.692. The van der Waals surface area contributed by atoms with Gasteiger partial charge >= 0.3 is 5.97 Å². The zero-order valence-electron chi connectivity index (χ0n) is 41.9. The number of cyclic esters (lactones) is 1. The van der Waals surface area contributed by atoms with Gasteiger partial charge in [0.05, 0.1) is 98.2 Å². The number of nitrogens with one attached hydrogen (secondary N) is 1. The van der Waals surface area contributed by atoms with Crippen LogP contribution in [0.1, 0.15) is 92.9 Å². The number of rotatable bonds is 6. The standard InChI is InChI=1S/C52H84N2O17/c1-30(2)39(29-55)54-50(66)45-42(61)28-52(67)27-37(58)24-41(60)40(59)22-21-35(56)23-36(57)25-44(62)68-33(5)32(4)47(63)31(3)19-17-15-13-11-9-7-8-10-12-14-16-18-20-38(26-43(45)71-52)70-51-49(65)46(53)48(64)34(6)69-51/h7-20,30-43,45-49,51,55-61,63-65,67H,21-29,53H2,1-6H3,(H,54,66)/b8-7+,11-9+,12-10+,15-13+,16-14+,19-17+,20-18+/t31-,32-,33-,34+,35+,36+,37-,38-,39+,40+,41+,42-,43-,45+,46-,47+,48+,49-,51-,52+/m0/s1. The van der Waals surface area contributed by atoms with Crippen LogP contribution in [-0.4, -0.2) is 178 Å². The number of hydrogen-bond acceptors (Lipinski definition) is 18. The van der Waals surface area contributed by atoms with Gasteiger partial charge in [0, 0.05) is 37.5 Å². The van der Waals surface area contributed by atoms with Gasteiger partial charge in [0.15, 0.2) is 12.1 Å². The van der Waals surface area contributed by atoms with E-state index >= 15 is 0 Å². The first-order chi connectivity index (χ1) is 33.5. The predicted octanol–water partition coefficient (Wildman–Crippen LogP) is 0.760. The minimum atomic E-state index is -2.31. The maximum absolute atomic E-state index is 14.0. The molecule has 0 saturated carbocycles. The highest BCUT2D eigenvalue weighted by Crippen LogP contribution is 2.38. The highest BCUT2D eigenvalue weighted by Gasteiger charge is 2.51. The summed E-state index contributed by atoms with van der Waals surface area (Å²) in [7, 11) is 0. The molecule has 0 aromatic heterocycles. The average Bonchev–Trinajstić information content (AvgIpc) is 3.29. The number of fused-ring (bicyclic) bond motifs is 2. The number of aliphatic hydroxyl groups is 11. The summed E-state index contributed by atoms with van der Waals surface area (Å²) < 4.78 is 23.7. The average molecular weight is 1010 g/mol. The van der Waals surface area contributed by atoms with E-state index in [1.165, 1.54) is 0 Å². The lowest BCUT2D eigenvalue weighted by atomic mass is 9.81. The topological polar surface area (TPSA) is 332 Å². The lowest BCUT2D eigenvalue weighted by molar-refractivity contribution is -0.307. The molecule has 3 heterocycles. The van der Waals surface area contributed by atoms with Gasteiger partial charge in [-0.25, -0.2) is 0 Å². The molecule has 0 aromatic carbocycles. The van der Waals surface area contributed by atoms with Crippen LogP contribution in [0.2, 0.25) is 0 Å². The SMILES string of the molecule is CC(C)[C@@H](CO)NC(=O)[C@H]1[C@@H]2C[C@@H](O[C@@H]3O[C@H](C)[C@@H](O)[C@H](N)[C@@H]3O)/C=C/C=C/C=C/C=C/C=C/C=C/C=C/[C@H](C)[C@@H](O)[C@@H](C)[C@H](C)OC(=O)C[C@H](O)C[C@H](O)CC[C@@H](O)[C@H](O)C[C@H](O)C[C@](O)(C[C@@H]1O)O2. The summed E-state index contributed by atoms with van der Waals surface area (Å²) in [5.41, 5.74) is 6.11. The molecule has 3 rings (SSSR count). The fourth-order valence-electron chi connectivity index (χ4n) is 8.69.